The van der Waals surface area contributed by atoms with Crippen LogP contribution in [0.5, 0.6) is 0 Å². The van der Waals surface area contributed by atoms with Gasteiger partial charge < -0.3 is 4.74 Å². The first-order valence-corrected chi connectivity index (χ1v) is 8.63. The molecule has 1 aromatic rings. The van der Waals surface area contributed by atoms with Gasteiger partial charge in [-0.05, 0) is 46.2 Å². The van der Waals surface area contributed by atoms with Crippen LogP contribution in [0, 0.1) is 5.92 Å². The van der Waals surface area contributed by atoms with E-state index in [1.807, 2.05) is 39.0 Å². The molecule has 1 aromatic carbocycles. The first-order chi connectivity index (χ1) is 11.3. The van der Waals surface area contributed by atoms with Crippen molar-refractivity contribution in [3.05, 3.63) is 35.9 Å². The van der Waals surface area contributed by atoms with Crippen LogP contribution in [0.25, 0.3) is 0 Å². The largest absolute Gasteiger partial charge is 0.443 e. The van der Waals surface area contributed by atoms with Gasteiger partial charge in [0, 0.05) is 18.5 Å². The number of hydrogen-bond donors (Lipinski definition) is 0. The van der Waals surface area contributed by atoms with Crippen LogP contribution in [0.3, 0.4) is 0 Å². The molecule has 3 rings (SSSR count). The van der Waals surface area contributed by atoms with Gasteiger partial charge in [-0.2, -0.15) is 0 Å². The highest BCUT2D eigenvalue weighted by atomic mass is 16.6. The number of ether oxygens (including phenoxy) is 1. The van der Waals surface area contributed by atoms with Crippen LogP contribution in [0.2, 0.25) is 0 Å². The molecule has 5 nitrogen and oxygen atoms in total. The Balaban J connectivity index is 1.75. The van der Waals surface area contributed by atoms with E-state index in [0.29, 0.717) is 6.54 Å². The fourth-order valence-electron chi connectivity index (χ4n) is 3.74. The Bertz CT molecular complexity index is 623. The summed E-state index contributed by atoms with van der Waals surface area (Å²) in [4.78, 5) is 28.7. The maximum Gasteiger partial charge on any atom is 0.417 e. The van der Waals surface area contributed by atoms with Crippen LogP contribution < -0.4 is 0 Å². The lowest BCUT2D eigenvalue weighted by Crippen LogP contribution is -2.44. The van der Waals surface area contributed by atoms with Crippen LogP contribution in [0.1, 0.15) is 45.7 Å². The Morgan fingerprint density at radius 2 is 1.92 bits per heavy atom. The summed E-state index contributed by atoms with van der Waals surface area (Å²) in [6.07, 6.45) is 0.418. The summed E-state index contributed by atoms with van der Waals surface area (Å²) in [5.41, 5.74) is 0.605. The minimum absolute atomic E-state index is 0.116. The molecule has 2 fully saturated rings. The second kappa shape index (κ2) is 6.20. The number of nitrogens with zero attached hydrogens (tertiary/aromatic N) is 2. The molecule has 0 aromatic heterocycles. The fraction of sp³-hybridized carbons (Fsp3) is 0.579. The molecular formula is C19H26N2O3. The summed E-state index contributed by atoms with van der Waals surface area (Å²) in [7, 11) is 0. The summed E-state index contributed by atoms with van der Waals surface area (Å²) < 4.78 is 5.39. The van der Waals surface area contributed by atoms with E-state index >= 15 is 0 Å². The molecule has 0 spiro atoms. The Morgan fingerprint density at radius 3 is 2.54 bits per heavy atom. The zero-order chi connectivity index (χ0) is 17.5. The summed E-state index contributed by atoms with van der Waals surface area (Å²) in [5.74, 6) is 0.0886. The van der Waals surface area contributed by atoms with Crippen LogP contribution in [-0.2, 0) is 9.53 Å². The average molecular weight is 330 g/mol. The third-order valence-electron chi connectivity index (χ3n) is 4.89. The molecule has 2 aliphatic rings. The van der Waals surface area contributed by atoms with Crippen molar-refractivity contribution in [3.8, 4) is 0 Å². The van der Waals surface area contributed by atoms with E-state index in [-0.39, 0.29) is 23.9 Å². The standard InChI is InChI=1S/C19H26N2O3/c1-13(14-8-6-5-7-9-14)20-11-10-15-12-21(17(22)16(15)20)18(23)24-19(2,3)4/h5-9,13,15-16H,10-12H2,1-4H3/t13-,15+,16+/m0/s1. The molecule has 0 aliphatic carbocycles. The second-order valence-electron chi connectivity index (χ2n) is 7.75. The molecule has 2 saturated heterocycles. The maximum absolute atomic E-state index is 12.8. The molecule has 0 unspecified atom stereocenters. The van der Waals surface area contributed by atoms with E-state index in [0.717, 1.165) is 13.0 Å². The highest BCUT2D eigenvalue weighted by molar-refractivity contribution is 5.97. The smallest absolute Gasteiger partial charge is 0.417 e. The van der Waals surface area contributed by atoms with Gasteiger partial charge in [0.15, 0.2) is 0 Å². The van der Waals surface area contributed by atoms with Crippen molar-refractivity contribution in [1.82, 2.24) is 9.80 Å². The van der Waals surface area contributed by atoms with Gasteiger partial charge in [0.05, 0.1) is 6.04 Å². The van der Waals surface area contributed by atoms with Gasteiger partial charge in [-0.1, -0.05) is 30.3 Å². The summed E-state index contributed by atoms with van der Waals surface area (Å²) in [5, 5.41) is 0. The highest BCUT2D eigenvalue weighted by Gasteiger charge is 2.51. The lowest BCUT2D eigenvalue weighted by atomic mass is 10.0. The zero-order valence-electron chi connectivity index (χ0n) is 14.9. The van der Waals surface area contributed by atoms with E-state index in [1.165, 1.54) is 10.5 Å². The van der Waals surface area contributed by atoms with E-state index in [9.17, 15) is 9.59 Å². The predicted octanol–water partition coefficient (Wildman–Crippen LogP) is 3.22. The fourth-order valence-corrected chi connectivity index (χ4v) is 3.74. The SMILES string of the molecule is C[C@@H](c1ccccc1)N1CC[C@@H]2CN(C(=O)OC(C)(C)C)C(=O)[C@@H]21. The van der Waals surface area contributed by atoms with E-state index in [4.69, 9.17) is 4.74 Å². The molecule has 0 N–H and O–H groups in total. The molecule has 130 valence electrons. The first kappa shape index (κ1) is 17.0. The molecule has 24 heavy (non-hydrogen) atoms. The number of fused-ring (bicyclic) bond motifs is 1. The molecule has 0 radical (unpaired) electrons. The van der Waals surface area contributed by atoms with Gasteiger partial charge in [0.2, 0.25) is 5.91 Å². The van der Waals surface area contributed by atoms with Gasteiger partial charge in [0.25, 0.3) is 0 Å². The quantitative estimate of drug-likeness (QED) is 0.835. The summed E-state index contributed by atoms with van der Waals surface area (Å²) in [6.45, 7) is 8.93. The van der Waals surface area contributed by atoms with Crippen molar-refractivity contribution < 1.29 is 14.3 Å². The number of likely N-dealkylation sites (tertiary alicyclic amines) is 2. The monoisotopic (exact) mass is 330 g/mol. The van der Waals surface area contributed by atoms with Crippen molar-refractivity contribution in [2.75, 3.05) is 13.1 Å². The number of rotatable bonds is 2. The Hall–Kier alpha value is -1.88. The van der Waals surface area contributed by atoms with Crippen LogP contribution in [-0.4, -0.2) is 46.5 Å². The van der Waals surface area contributed by atoms with Crippen molar-refractivity contribution in [2.24, 2.45) is 5.92 Å². The third-order valence-corrected chi connectivity index (χ3v) is 4.89. The van der Waals surface area contributed by atoms with Gasteiger partial charge in [-0.15, -0.1) is 0 Å². The number of carbonyl (C=O) groups excluding carboxylic acids is 2. The summed E-state index contributed by atoms with van der Waals surface area (Å²) >= 11 is 0. The predicted molar refractivity (Wildman–Crippen MR) is 91.4 cm³/mol. The first-order valence-electron chi connectivity index (χ1n) is 8.63. The minimum atomic E-state index is -0.591. The topological polar surface area (TPSA) is 49.9 Å². The molecular weight excluding hydrogens is 304 g/mol. The lowest BCUT2D eigenvalue weighted by molar-refractivity contribution is -0.131. The zero-order valence-corrected chi connectivity index (χ0v) is 14.9. The van der Waals surface area contributed by atoms with E-state index in [1.54, 1.807) is 0 Å². The number of benzene rings is 1. The molecule has 3 atom stereocenters. The Labute approximate surface area is 143 Å². The molecule has 5 heteroatoms. The highest BCUT2D eigenvalue weighted by Crippen LogP contribution is 2.38. The average Bonchev–Trinajstić information content (AvgIpc) is 3.06. The summed E-state index contributed by atoms with van der Waals surface area (Å²) in [6, 6.07) is 10.1. The Kier molecular flexibility index (Phi) is 4.38. The number of imide groups is 1. The molecule has 2 heterocycles. The van der Waals surface area contributed by atoms with E-state index < -0.39 is 11.7 Å². The van der Waals surface area contributed by atoms with Crippen molar-refractivity contribution in [2.45, 2.75) is 51.8 Å². The Morgan fingerprint density at radius 1 is 1.25 bits per heavy atom. The van der Waals surface area contributed by atoms with Gasteiger partial charge in [-0.3, -0.25) is 9.69 Å². The molecule has 0 saturated carbocycles. The van der Waals surface area contributed by atoms with Gasteiger partial charge in [-0.25, -0.2) is 9.69 Å². The van der Waals surface area contributed by atoms with Crippen LogP contribution >= 0.6 is 0 Å². The minimum Gasteiger partial charge on any atom is -0.443 e. The number of amides is 2. The number of carbonyl (C=O) groups is 2. The van der Waals surface area contributed by atoms with Crippen LogP contribution in [0.4, 0.5) is 4.79 Å². The number of hydrogen-bond acceptors (Lipinski definition) is 4. The van der Waals surface area contributed by atoms with Crippen molar-refractivity contribution >= 4 is 12.0 Å². The molecule has 2 aliphatic heterocycles. The lowest BCUT2D eigenvalue weighted by Gasteiger charge is -2.30. The third kappa shape index (κ3) is 3.18. The van der Waals surface area contributed by atoms with E-state index in [2.05, 4.69) is 24.0 Å². The van der Waals surface area contributed by atoms with Crippen molar-refractivity contribution in [1.29, 1.82) is 0 Å². The van der Waals surface area contributed by atoms with Gasteiger partial charge >= 0.3 is 6.09 Å². The van der Waals surface area contributed by atoms with Gasteiger partial charge in [0.1, 0.15) is 5.60 Å². The van der Waals surface area contributed by atoms with Crippen LogP contribution in [0.15, 0.2) is 30.3 Å². The normalized spacial score (nSPS) is 25.7. The second-order valence-corrected chi connectivity index (χ2v) is 7.75. The molecule has 0 bridgehead atoms. The molecule has 2 amide bonds. The maximum atomic E-state index is 12.8. The van der Waals surface area contributed by atoms with Crippen molar-refractivity contribution in [3.63, 3.8) is 0 Å².